The molecule has 2 rings (SSSR count). The predicted octanol–water partition coefficient (Wildman–Crippen LogP) is 2.27. The zero-order chi connectivity index (χ0) is 15.2. The van der Waals surface area contributed by atoms with E-state index in [4.69, 9.17) is 0 Å². The number of amides is 1. The van der Waals surface area contributed by atoms with Crippen molar-refractivity contribution in [1.29, 1.82) is 0 Å². The molecule has 5 heteroatoms. The number of rotatable bonds is 6. The Bertz CT molecular complexity index is 554. The first-order valence-electron chi connectivity index (χ1n) is 6.91. The molecule has 0 unspecified atom stereocenters. The predicted molar refractivity (Wildman–Crippen MR) is 86.2 cm³/mol. The second-order valence-corrected chi connectivity index (χ2v) is 6.27. The third-order valence-electron chi connectivity index (χ3n) is 3.41. The maximum Gasteiger partial charge on any atom is 0.240 e. The van der Waals surface area contributed by atoms with Gasteiger partial charge >= 0.3 is 0 Å². The zero-order valence-corrected chi connectivity index (χ0v) is 13.5. The van der Waals surface area contributed by atoms with E-state index in [0.29, 0.717) is 6.54 Å². The summed E-state index contributed by atoms with van der Waals surface area (Å²) in [6.45, 7) is 0.565. The Morgan fingerprint density at radius 1 is 1.24 bits per heavy atom. The Balaban J connectivity index is 2.05. The maximum atomic E-state index is 12.7. The molecule has 0 aliphatic carbocycles. The summed E-state index contributed by atoms with van der Waals surface area (Å²) in [7, 11) is 5.73. The van der Waals surface area contributed by atoms with Gasteiger partial charge in [0.25, 0.3) is 0 Å². The molecule has 1 aromatic carbocycles. The number of thiazole rings is 1. The third kappa shape index (κ3) is 4.37. The normalized spacial score (nSPS) is 12.4. The Morgan fingerprint density at radius 3 is 2.52 bits per heavy atom. The molecule has 1 amide bonds. The number of hydrogen-bond donors (Lipinski definition) is 0. The second kappa shape index (κ2) is 7.33. The van der Waals surface area contributed by atoms with Gasteiger partial charge < -0.3 is 4.90 Å². The van der Waals surface area contributed by atoms with Crippen LogP contribution in [0, 0.1) is 0 Å². The highest BCUT2D eigenvalue weighted by Gasteiger charge is 2.24. The van der Waals surface area contributed by atoms with Crippen LogP contribution in [0.4, 0.5) is 0 Å². The molecule has 0 fully saturated rings. The van der Waals surface area contributed by atoms with Gasteiger partial charge in [-0.1, -0.05) is 30.3 Å². The monoisotopic (exact) mass is 303 g/mol. The number of aromatic nitrogens is 1. The van der Waals surface area contributed by atoms with Crippen LogP contribution in [0.1, 0.15) is 10.6 Å². The summed E-state index contributed by atoms with van der Waals surface area (Å²) >= 11 is 1.57. The highest BCUT2D eigenvalue weighted by Crippen LogP contribution is 2.12. The van der Waals surface area contributed by atoms with Crippen molar-refractivity contribution >= 4 is 17.2 Å². The molecular weight excluding hydrogens is 282 g/mol. The number of nitrogens with zero attached hydrogens (tertiary/aromatic N) is 3. The van der Waals surface area contributed by atoms with Gasteiger partial charge in [-0.3, -0.25) is 9.69 Å². The number of carbonyl (C=O) groups excluding carboxylic acids is 1. The van der Waals surface area contributed by atoms with Gasteiger partial charge in [0.15, 0.2) is 0 Å². The van der Waals surface area contributed by atoms with E-state index in [9.17, 15) is 4.79 Å². The van der Waals surface area contributed by atoms with Crippen LogP contribution >= 0.6 is 11.3 Å². The smallest absolute Gasteiger partial charge is 0.240 e. The van der Waals surface area contributed by atoms with Gasteiger partial charge in [-0.2, -0.15) is 0 Å². The summed E-state index contributed by atoms with van der Waals surface area (Å²) in [5.41, 5.74) is 1.17. The molecule has 0 spiro atoms. The van der Waals surface area contributed by atoms with Crippen LogP contribution < -0.4 is 0 Å². The quantitative estimate of drug-likeness (QED) is 0.821. The van der Waals surface area contributed by atoms with Gasteiger partial charge in [-0.25, -0.2) is 4.98 Å². The summed E-state index contributed by atoms with van der Waals surface area (Å²) in [5.74, 6) is 0.124. The molecule has 4 nitrogen and oxygen atoms in total. The fraction of sp³-hybridized carbons (Fsp3) is 0.375. The van der Waals surface area contributed by atoms with E-state index in [1.54, 1.807) is 22.4 Å². The van der Waals surface area contributed by atoms with Crippen molar-refractivity contribution in [2.45, 2.75) is 19.0 Å². The molecule has 1 heterocycles. The Hall–Kier alpha value is -1.72. The van der Waals surface area contributed by atoms with E-state index >= 15 is 0 Å². The summed E-state index contributed by atoms with van der Waals surface area (Å²) in [6.07, 6.45) is 2.49. The molecule has 112 valence electrons. The van der Waals surface area contributed by atoms with Crippen LogP contribution in [0.2, 0.25) is 0 Å². The molecule has 21 heavy (non-hydrogen) atoms. The van der Waals surface area contributed by atoms with Crippen molar-refractivity contribution in [1.82, 2.24) is 14.8 Å². The Labute approximate surface area is 130 Å². The summed E-state index contributed by atoms with van der Waals surface area (Å²) < 4.78 is 0. The van der Waals surface area contributed by atoms with E-state index in [1.807, 2.05) is 49.6 Å². The van der Waals surface area contributed by atoms with Crippen LogP contribution in [0.15, 0.2) is 41.9 Å². The van der Waals surface area contributed by atoms with Crippen molar-refractivity contribution in [3.63, 3.8) is 0 Å². The average Bonchev–Trinajstić information content (AvgIpc) is 2.97. The van der Waals surface area contributed by atoms with Crippen molar-refractivity contribution in [2.24, 2.45) is 0 Å². The average molecular weight is 303 g/mol. The third-order valence-corrected chi connectivity index (χ3v) is 4.18. The number of likely N-dealkylation sites (N-methyl/N-ethyl adjacent to an activating group) is 2. The van der Waals surface area contributed by atoms with Crippen LogP contribution in [0.25, 0.3) is 0 Å². The van der Waals surface area contributed by atoms with Crippen molar-refractivity contribution in [3.05, 3.63) is 52.5 Å². The maximum absolute atomic E-state index is 12.7. The van der Waals surface area contributed by atoms with E-state index < -0.39 is 0 Å². The molecule has 0 bridgehead atoms. The molecule has 0 N–H and O–H groups in total. The summed E-state index contributed by atoms with van der Waals surface area (Å²) in [5, 5.41) is 2.89. The van der Waals surface area contributed by atoms with Crippen LogP contribution in [-0.4, -0.2) is 47.9 Å². The van der Waals surface area contributed by atoms with Crippen molar-refractivity contribution in [3.8, 4) is 0 Å². The SMILES string of the molecule is CN(Cc1nccs1)C(=O)[C@H](Cc1ccccc1)N(C)C. The van der Waals surface area contributed by atoms with E-state index in [2.05, 4.69) is 17.1 Å². The van der Waals surface area contributed by atoms with Crippen molar-refractivity contribution in [2.75, 3.05) is 21.1 Å². The lowest BCUT2D eigenvalue weighted by molar-refractivity contribution is -0.135. The molecular formula is C16H21N3OS. The molecule has 1 atom stereocenters. The fourth-order valence-corrected chi connectivity index (χ4v) is 2.86. The topological polar surface area (TPSA) is 36.4 Å². The highest BCUT2D eigenvalue weighted by molar-refractivity contribution is 7.09. The standard InChI is InChI=1S/C16H21N3OS/c1-18(2)14(11-13-7-5-4-6-8-13)16(20)19(3)12-15-17-9-10-21-15/h4-10,14H,11-12H2,1-3H3/t14-/m0/s1. The van der Waals surface area contributed by atoms with E-state index in [1.165, 1.54) is 5.56 Å². The molecule has 1 aromatic heterocycles. The van der Waals surface area contributed by atoms with Gasteiger partial charge in [0.05, 0.1) is 12.6 Å². The molecule has 0 aliphatic rings. The van der Waals surface area contributed by atoms with Gasteiger partial charge in [-0.15, -0.1) is 11.3 Å². The lowest BCUT2D eigenvalue weighted by Crippen LogP contribution is -2.45. The first kappa shape index (κ1) is 15.7. The minimum atomic E-state index is -0.155. The highest BCUT2D eigenvalue weighted by atomic mass is 32.1. The second-order valence-electron chi connectivity index (χ2n) is 5.29. The molecule has 0 aliphatic heterocycles. The van der Waals surface area contributed by atoms with Crippen LogP contribution in [-0.2, 0) is 17.8 Å². The van der Waals surface area contributed by atoms with Gasteiger partial charge in [0.1, 0.15) is 5.01 Å². The molecule has 0 radical (unpaired) electrons. The molecule has 2 aromatic rings. The first-order chi connectivity index (χ1) is 10.1. The first-order valence-corrected chi connectivity index (χ1v) is 7.79. The lowest BCUT2D eigenvalue weighted by Gasteiger charge is -2.28. The largest absolute Gasteiger partial charge is 0.338 e. The van der Waals surface area contributed by atoms with Crippen LogP contribution in [0.3, 0.4) is 0 Å². The minimum Gasteiger partial charge on any atom is -0.338 e. The van der Waals surface area contributed by atoms with Crippen LogP contribution in [0.5, 0.6) is 0 Å². The van der Waals surface area contributed by atoms with E-state index in [0.717, 1.165) is 11.4 Å². The number of benzene rings is 1. The summed E-state index contributed by atoms with van der Waals surface area (Å²) in [6, 6.07) is 9.97. The Kier molecular flexibility index (Phi) is 5.47. The summed E-state index contributed by atoms with van der Waals surface area (Å²) in [4.78, 5) is 20.7. The zero-order valence-electron chi connectivity index (χ0n) is 12.7. The van der Waals surface area contributed by atoms with Gasteiger partial charge in [-0.05, 0) is 26.1 Å². The molecule has 0 saturated heterocycles. The minimum absolute atomic E-state index is 0.124. The lowest BCUT2D eigenvalue weighted by atomic mass is 10.0. The number of carbonyl (C=O) groups is 1. The van der Waals surface area contributed by atoms with Gasteiger partial charge in [0, 0.05) is 18.6 Å². The van der Waals surface area contributed by atoms with Gasteiger partial charge in [0.2, 0.25) is 5.91 Å². The molecule has 0 saturated carbocycles. The van der Waals surface area contributed by atoms with Crippen molar-refractivity contribution < 1.29 is 4.79 Å². The Morgan fingerprint density at radius 2 is 1.95 bits per heavy atom. The van der Waals surface area contributed by atoms with E-state index in [-0.39, 0.29) is 11.9 Å². The number of hydrogen-bond acceptors (Lipinski definition) is 4. The fourth-order valence-electron chi connectivity index (χ4n) is 2.19.